The molecule has 1 aliphatic rings. The smallest absolute Gasteiger partial charge is 0.311 e. The van der Waals surface area contributed by atoms with Gasteiger partial charge in [-0.2, -0.15) is 0 Å². The predicted molar refractivity (Wildman–Crippen MR) is 132 cm³/mol. The first-order valence-electron chi connectivity index (χ1n) is 12.2. The van der Waals surface area contributed by atoms with E-state index >= 15 is 0 Å². The van der Waals surface area contributed by atoms with Crippen LogP contribution in [0.15, 0.2) is 12.3 Å². The third-order valence-electron chi connectivity index (χ3n) is 5.09. The lowest BCUT2D eigenvalue weighted by Crippen LogP contribution is -2.55. The average Bonchev–Trinajstić information content (AvgIpc) is 2.68. The van der Waals surface area contributed by atoms with Crippen molar-refractivity contribution in [2.75, 3.05) is 6.61 Å². The van der Waals surface area contributed by atoms with E-state index in [9.17, 15) is 19.2 Å². The molecule has 0 aromatic carbocycles. The van der Waals surface area contributed by atoms with Crippen LogP contribution in [0.5, 0.6) is 0 Å². The summed E-state index contributed by atoms with van der Waals surface area (Å²) in [6.07, 6.45) is -1.68. The second-order valence-corrected chi connectivity index (χ2v) is 13.2. The van der Waals surface area contributed by atoms with Crippen molar-refractivity contribution in [2.45, 2.75) is 108 Å². The molecule has 0 bridgehead atoms. The van der Waals surface area contributed by atoms with Crippen LogP contribution in [0.4, 0.5) is 0 Å². The molecule has 0 radical (unpaired) electrons. The van der Waals surface area contributed by atoms with Crippen molar-refractivity contribution in [2.24, 2.45) is 21.7 Å². The Balaban J connectivity index is 3.42. The van der Waals surface area contributed by atoms with E-state index in [1.54, 1.807) is 83.1 Å². The molecule has 1 aliphatic heterocycles. The normalized spacial score (nSPS) is 21.6. The Morgan fingerprint density at radius 3 is 1.58 bits per heavy atom. The van der Waals surface area contributed by atoms with Crippen molar-refractivity contribution in [1.82, 2.24) is 0 Å². The molecule has 9 nitrogen and oxygen atoms in total. The zero-order chi connectivity index (χ0) is 28.3. The first-order chi connectivity index (χ1) is 16.0. The van der Waals surface area contributed by atoms with Gasteiger partial charge in [0.25, 0.3) is 0 Å². The predicted octanol–water partition coefficient (Wildman–Crippen LogP) is 4.36. The summed E-state index contributed by atoms with van der Waals surface area (Å²) >= 11 is 0. The van der Waals surface area contributed by atoms with E-state index in [-0.39, 0.29) is 6.61 Å². The van der Waals surface area contributed by atoms with Gasteiger partial charge >= 0.3 is 23.9 Å². The molecule has 9 heteroatoms. The highest BCUT2D eigenvalue weighted by Crippen LogP contribution is 2.30. The molecule has 0 N–H and O–H groups in total. The number of ether oxygens (including phenoxy) is 5. The summed E-state index contributed by atoms with van der Waals surface area (Å²) in [6.45, 7) is 19.9. The Hall–Kier alpha value is -2.58. The molecule has 0 saturated heterocycles. The first kappa shape index (κ1) is 31.4. The van der Waals surface area contributed by atoms with Crippen LogP contribution in [-0.4, -0.2) is 54.9 Å². The number of carbonyl (C=O) groups excluding carboxylic acids is 4. The lowest BCUT2D eigenvalue weighted by atomic mass is 9.94. The SMILES string of the molecule is CC(C)(C)C(=O)OC[C@@H](OC(=O)C(C)(C)C)[C@H]1OC=C[C@@H](OC(=O)C(C)(C)C)[C@H]1OC(=O)C(C)(C)C. The minimum absolute atomic E-state index is 0.347. The Labute approximate surface area is 215 Å². The van der Waals surface area contributed by atoms with Crippen LogP contribution in [0, 0.1) is 21.7 Å². The molecule has 0 amide bonds. The van der Waals surface area contributed by atoms with Gasteiger partial charge < -0.3 is 23.7 Å². The van der Waals surface area contributed by atoms with Crippen LogP contribution in [0.3, 0.4) is 0 Å². The third-order valence-corrected chi connectivity index (χ3v) is 5.09. The number of esters is 4. The molecule has 0 saturated carbocycles. The van der Waals surface area contributed by atoms with Gasteiger partial charge in [-0.3, -0.25) is 19.2 Å². The van der Waals surface area contributed by atoms with E-state index in [4.69, 9.17) is 23.7 Å². The Kier molecular flexibility index (Phi) is 9.80. The van der Waals surface area contributed by atoms with Crippen LogP contribution in [0.25, 0.3) is 0 Å². The number of carbonyl (C=O) groups is 4. The second kappa shape index (κ2) is 11.2. The van der Waals surface area contributed by atoms with E-state index in [1.165, 1.54) is 12.3 Å². The zero-order valence-corrected chi connectivity index (χ0v) is 23.8. The lowest BCUT2D eigenvalue weighted by Gasteiger charge is -2.39. The maximum absolute atomic E-state index is 12.9. The fraction of sp³-hybridized carbons (Fsp3) is 0.778. The first-order valence-corrected chi connectivity index (χ1v) is 12.2. The maximum Gasteiger partial charge on any atom is 0.311 e. The van der Waals surface area contributed by atoms with Crippen molar-refractivity contribution in [1.29, 1.82) is 0 Å². The molecule has 0 fully saturated rings. The van der Waals surface area contributed by atoms with Crippen LogP contribution < -0.4 is 0 Å². The highest BCUT2D eigenvalue weighted by molar-refractivity contribution is 5.77. The van der Waals surface area contributed by atoms with Gasteiger partial charge in [-0.15, -0.1) is 0 Å². The minimum Gasteiger partial charge on any atom is -0.490 e. The summed E-state index contributed by atoms with van der Waals surface area (Å²) in [4.78, 5) is 50.8. The molecule has 0 aromatic rings. The third kappa shape index (κ3) is 9.13. The number of hydrogen-bond acceptors (Lipinski definition) is 9. The van der Waals surface area contributed by atoms with Gasteiger partial charge in [-0.25, -0.2) is 0 Å². The van der Waals surface area contributed by atoms with Crippen LogP contribution in [0.2, 0.25) is 0 Å². The van der Waals surface area contributed by atoms with E-state index in [0.29, 0.717) is 0 Å². The van der Waals surface area contributed by atoms with Gasteiger partial charge in [0, 0.05) is 0 Å². The van der Waals surface area contributed by atoms with Crippen molar-refractivity contribution in [3.8, 4) is 0 Å². The van der Waals surface area contributed by atoms with Crippen molar-refractivity contribution >= 4 is 23.9 Å². The number of hydrogen-bond donors (Lipinski definition) is 0. The summed E-state index contributed by atoms with van der Waals surface area (Å²) in [5, 5.41) is 0. The van der Waals surface area contributed by atoms with E-state index in [0.717, 1.165) is 0 Å². The van der Waals surface area contributed by atoms with Gasteiger partial charge in [0.2, 0.25) is 0 Å². The summed E-state index contributed by atoms with van der Waals surface area (Å²) in [5.74, 6) is -2.16. The monoisotopic (exact) mass is 512 g/mol. The molecule has 206 valence electrons. The Morgan fingerprint density at radius 2 is 1.14 bits per heavy atom. The van der Waals surface area contributed by atoms with Crippen LogP contribution in [0.1, 0.15) is 83.1 Å². The second-order valence-electron chi connectivity index (χ2n) is 13.2. The Bertz CT molecular complexity index is 844. The molecule has 4 atom stereocenters. The van der Waals surface area contributed by atoms with Crippen LogP contribution in [-0.2, 0) is 42.9 Å². The number of rotatable bonds is 6. The van der Waals surface area contributed by atoms with Crippen molar-refractivity contribution in [3.05, 3.63) is 12.3 Å². The summed E-state index contributed by atoms with van der Waals surface area (Å²) in [5.41, 5.74) is -3.36. The van der Waals surface area contributed by atoms with E-state index < -0.39 is 70.0 Å². The highest BCUT2D eigenvalue weighted by Gasteiger charge is 2.47. The summed E-state index contributed by atoms with van der Waals surface area (Å²) in [7, 11) is 0. The molecule has 1 rings (SSSR count). The minimum atomic E-state index is -1.17. The average molecular weight is 513 g/mol. The topological polar surface area (TPSA) is 114 Å². The fourth-order valence-electron chi connectivity index (χ4n) is 2.61. The Morgan fingerprint density at radius 1 is 0.694 bits per heavy atom. The maximum atomic E-state index is 12.9. The quantitative estimate of drug-likeness (QED) is 0.378. The van der Waals surface area contributed by atoms with E-state index in [1.807, 2.05) is 0 Å². The van der Waals surface area contributed by atoms with Gasteiger partial charge in [-0.1, -0.05) is 0 Å². The van der Waals surface area contributed by atoms with Crippen molar-refractivity contribution in [3.63, 3.8) is 0 Å². The zero-order valence-electron chi connectivity index (χ0n) is 23.8. The van der Waals surface area contributed by atoms with Gasteiger partial charge in [-0.05, 0) is 89.2 Å². The molecule has 1 heterocycles. The van der Waals surface area contributed by atoms with Gasteiger partial charge in [0.1, 0.15) is 6.61 Å². The molecular formula is C27H44O9. The fourth-order valence-corrected chi connectivity index (χ4v) is 2.61. The van der Waals surface area contributed by atoms with Crippen molar-refractivity contribution < 1.29 is 42.9 Å². The largest absolute Gasteiger partial charge is 0.490 e. The van der Waals surface area contributed by atoms with Gasteiger partial charge in [0.05, 0.1) is 27.9 Å². The molecule has 0 aliphatic carbocycles. The molecule has 0 spiro atoms. The standard InChI is InChI=1S/C27H44O9/c1-24(2,3)20(28)33-15-17(35-22(30)26(7,8)9)18-19(36-23(31)27(10,11)12)16(13-14-32-18)34-21(29)25(4,5)6/h13-14,16-19H,15H2,1-12H3/t16-,17-,18-,19-/m1/s1. The molecule has 36 heavy (non-hydrogen) atoms. The molecule has 0 unspecified atom stereocenters. The molecule has 0 aromatic heterocycles. The van der Waals surface area contributed by atoms with E-state index in [2.05, 4.69) is 0 Å². The van der Waals surface area contributed by atoms with Gasteiger partial charge in [0.15, 0.2) is 24.4 Å². The highest BCUT2D eigenvalue weighted by atomic mass is 16.6. The summed E-state index contributed by atoms with van der Waals surface area (Å²) < 4.78 is 28.4. The summed E-state index contributed by atoms with van der Waals surface area (Å²) in [6, 6.07) is 0. The molecular weight excluding hydrogens is 468 g/mol. The lowest BCUT2D eigenvalue weighted by molar-refractivity contribution is -0.204. The van der Waals surface area contributed by atoms with Crippen LogP contribution >= 0.6 is 0 Å².